The zero-order valence-electron chi connectivity index (χ0n) is 9.12. The summed E-state index contributed by atoms with van der Waals surface area (Å²) in [6, 6.07) is 0.374. The number of aliphatic hydroxyl groups excluding tert-OH is 1. The highest BCUT2D eigenvalue weighted by molar-refractivity contribution is 6.24. The SMILES string of the molecule is CCCC1CCC(C2=C(O)CCC2=O)=N1. The topological polar surface area (TPSA) is 49.7 Å². The predicted molar refractivity (Wildman–Crippen MR) is 59.3 cm³/mol. The highest BCUT2D eigenvalue weighted by Gasteiger charge is 2.30. The molecule has 2 rings (SSSR count). The smallest absolute Gasteiger partial charge is 0.168 e. The van der Waals surface area contributed by atoms with Gasteiger partial charge in [0.05, 0.1) is 11.6 Å². The van der Waals surface area contributed by atoms with Gasteiger partial charge in [0.2, 0.25) is 0 Å². The van der Waals surface area contributed by atoms with Crippen LogP contribution in [0.15, 0.2) is 16.3 Å². The normalized spacial score (nSPS) is 26.3. The maximum Gasteiger partial charge on any atom is 0.168 e. The van der Waals surface area contributed by atoms with Crippen molar-refractivity contribution in [2.75, 3.05) is 0 Å². The summed E-state index contributed by atoms with van der Waals surface area (Å²) in [5.74, 6) is 0.333. The van der Waals surface area contributed by atoms with Crippen LogP contribution in [-0.4, -0.2) is 22.6 Å². The summed E-state index contributed by atoms with van der Waals surface area (Å²) in [7, 11) is 0. The van der Waals surface area contributed by atoms with E-state index in [0.717, 1.165) is 31.4 Å². The van der Waals surface area contributed by atoms with Gasteiger partial charge in [0.25, 0.3) is 0 Å². The fraction of sp³-hybridized carbons (Fsp3) is 0.667. The van der Waals surface area contributed by atoms with Crippen LogP contribution in [0.1, 0.15) is 45.4 Å². The molecule has 3 heteroatoms. The van der Waals surface area contributed by atoms with E-state index in [0.29, 0.717) is 24.5 Å². The highest BCUT2D eigenvalue weighted by atomic mass is 16.3. The first kappa shape index (κ1) is 10.4. The third-order valence-corrected chi connectivity index (χ3v) is 3.12. The van der Waals surface area contributed by atoms with Crippen LogP contribution in [0.5, 0.6) is 0 Å². The Morgan fingerprint density at radius 3 is 2.80 bits per heavy atom. The molecule has 1 unspecified atom stereocenters. The lowest BCUT2D eigenvalue weighted by molar-refractivity contribution is -0.114. The van der Waals surface area contributed by atoms with Crippen molar-refractivity contribution in [2.24, 2.45) is 4.99 Å². The van der Waals surface area contributed by atoms with Gasteiger partial charge in [-0.1, -0.05) is 13.3 Å². The van der Waals surface area contributed by atoms with Gasteiger partial charge in [0, 0.05) is 18.6 Å². The largest absolute Gasteiger partial charge is 0.511 e. The fourth-order valence-electron chi connectivity index (χ4n) is 2.35. The molecule has 0 saturated carbocycles. The highest BCUT2D eigenvalue weighted by Crippen LogP contribution is 2.28. The first-order chi connectivity index (χ1) is 7.22. The van der Waals surface area contributed by atoms with E-state index in [1.54, 1.807) is 0 Å². The van der Waals surface area contributed by atoms with Crippen LogP contribution in [0.4, 0.5) is 0 Å². The number of hydrogen-bond donors (Lipinski definition) is 1. The van der Waals surface area contributed by atoms with E-state index in [9.17, 15) is 9.90 Å². The fourth-order valence-corrected chi connectivity index (χ4v) is 2.35. The molecule has 0 aromatic carbocycles. The van der Waals surface area contributed by atoms with E-state index in [1.165, 1.54) is 0 Å². The van der Waals surface area contributed by atoms with Gasteiger partial charge in [0.1, 0.15) is 5.76 Å². The Balaban J connectivity index is 2.15. The number of hydrogen-bond acceptors (Lipinski definition) is 3. The molecule has 0 bridgehead atoms. The number of aliphatic hydroxyl groups is 1. The molecule has 1 aliphatic heterocycles. The molecule has 1 aliphatic carbocycles. The second-order valence-electron chi connectivity index (χ2n) is 4.30. The molecule has 1 N–H and O–H groups in total. The van der Waals surface area contributed by atoms with Crippen molar-refractivity contribution in [1.29, 1.82) is 0 Å². The van der Waals surface area contributed by atoms with Crippen molar-refractivity contribution in [3.05, 3.63) is 11.3 Å². The lowest BCUT2D eigenvalue weighted by atomic mass is 10.0. The average Bonchev–Trinajstić information content (AvgIpc) is 2.75. The second-order valence-corrected chi connectivity index (χ2v) is 4.30. The van der Waals surface area contributed by atoms with E-state index in [1.807, 2.05) is 0 Å². The minimum absolute atomic E-state index is 0.0726. The Labute approximate surface area is 89.9 Å². The summed E-state index contributed by atoms with van der Waals surface area (Å²) in [4.78, 5) is 16.1. The number of ketones is 1. The van der Waals surface area contributed by atoms with Gasteiger partial charge in [-0.05, 0) is 19.3 Å². The molecule has 82 valence electrons. The van der Waals surface area contributed by atoms with Crippen LogP contribution in [0.25, 0.3) is 0 Å². The van der Waals surface area contributed by atoms with Crippen LogP contribution >= 0.6 is 0 Å². The van der Waals surface area contributed by atoms with Gasteiger partial charge in [-0.15, -0.1) is 0 Å². The Hall–Kier alpha value is -1.12. The van der Waals surface area contributed by atoms with E-state index < -0.39 is 0 Å². The maximum absolute atomic E-state index is 11.5. The van der Waals surface area contributed by atoms with Gasteiger partial charge in [-0.25, -0.2) is 0 Å². The van der Waals surface area contributed by atoms with E-state index in [4.69, 9.17) is 0 Å². The number of nitrogens with zero attached hydrogens (tertiary/aromatic N) is 1. The van der Waals surface area contributed by atoms with Gasteiger partial charge in [-0.2, -0.15) is 0 Å². The van der Waals surface area contributed by atoms with Gasteiger partial charge >= 0.3 is 0 Å². The molecule has 15 heavy (non-hydrogen) atoms. The van der Waals surface area contributed by atoms with Crippen LogP contribution < -0.4 is 0 Å². The first-order valence-electron chi connectivity index (χ1n) is 5.74. The number of rotatable bonds is 3. The Bertz CT molecular complexity index is 342. The number of carbonyl (C=O) groups excluding carboxylic acids is 1. The zero-order chi connectivity index (χ0) is 10.8. The molecular weight excluding hydrogens is 190 g/mol. The van der Waals surface area contributed by atoms with Crippen molar-refractivity contribution < 1.29 is 9.90 Å². The molecule has 0 radical (unpaired) electrons. The number of allylic oxidation sites excluding steroid dienone is 2. The summed E-state index contributed by atoms with van der Waals surface area (Å²) in [6.07, 6.45) is 5.07. The van der Waals surface area contributed by atoms with E-state index in [2.05, 4.69) is 11.9 Å². The second kappa shape index (κ2) is 4.17. The lowest BCUT2D eigenvalue weighted by Gasteiger charge is -2.01. The Morgan fingerprint density at radius 1 is 1.40 bits per heavy atom. The third-order valence-electron chi connectivity index (χ3n) is 3.12. The quantitative estimate of drug-likeness (QED) is 0.773. The van der Waals surface area contributed by atoms with Crippen molar-refractivity contribution in [3.63, 3.8) is 0 Å². The standard InChI is InChI=1S/C12H17NO2/c1-2-3-8-4-5-9(13-8)12-10(14)6-7-11(12)15/h8,14H,2-7H2,1H3. The van der Waals surface area contributed by atoms with Crippen LogP contribution in [-0.2, 0) is 4.79 Å². The zero-order valence-corrected chi connectivity index (χ0v) is 9.12. The summed E-state index contributed by atoms with van der Waals surface area (Å²) in [5, 5.41) is 9.61. The van der Waals surface area contributed by atoms with Gasteiger partial charge in [-0.3, -0.25) is 9.79 Å². The molecule has 2 aliphatic rings. The van der Waals surface area contributed by atoms with E-state index >= 15 is 0 Å². The average molecular weight is 207 g/mol. The molecule has 1 atom stereocenters. The monoisotopic (exact) mass is 207 g/mol. The molecular formula is C12H17NO2. The Morgan fingerprint density at radius 2 is 2.20 bits per heavy atom. The van der Waals surface area contributed by atoms with Crippen molar-refractivity contribution in [3.8, 4) is 0 Å². The van der Waals surface area contributed by atoms with Crippen molar-refractivity contribution >= 4 is 11.5 Å². The molecule has 3 nitrogen and oxygen atoms in total. The number of carbonyl (C=O) groups is 1. The summed E-state index contributed by atoms with van der Waals surface area (Å²) in [5.41, 5.74) is 1.39. The molecule has 0 amide bonds. The number of aliphatic imine (C=N–C) groups is 1. The summed E-state index contributed by atoms with van der Waals surface area (Å²) in [6.45, 7) is 2.14. The number of Topliss-reactive ketones (excluding diaryl/α,β-unsaturated/α-hetero) is 1. The van der Waals surface area contributed by atoms with Crippen LogP contribution in [0, 0.1) is 0 Å². The minimum Gasteiger partial charge on any atom is -0.511 e. The molecule has 0 aromatic heterocycles. The van der Waals surface area contributed by atoms with Crippen LogP contribution in [0.2, 0.25) is 0 Å². The Kier molecular flexibility index (Phi) is 2.89. The molecule has 1 heterocycles. The maximum atomic E-state index is 11.5. The molecule has 0 fully saturated rings. The first-order valence-corrected chi connectivity index (χ1v) is 5.74. The summed E-state index contributed by atoms with van der Waals surface area (Å²) >= 11 is 0. The predicted octanol–water partition coefficient (Wildman–Crippen LogP) is 2.56. The molecule has 0 saturated heterocycles. The van der Waals surface area contributed by atoms with E-state index in [-0.39, 0.29) is 11.5 Å². The lowest BCUT2D eigenvalue weighted by Crippen LogP contribution is -2.07. The van der Waals surface area contributed by atoms with Gasteiger partial charge in [0.15, 0.2) is 5.78 Å². The summed E-state index contributed by atoms with van der Waals surface area (Å²) < 4.78 is 0. The molecule has 0 spiro atoms. The van der Waals surface area contributed by atoms with Crippen LogP contribution in [0.3, 0.4) is 0 Å². The van der Waals surface area contributed by atoms with Gasteiger partial charge < -0.3 is 5.11 Å². The molecule has 0 aromatic rings. The van der Waals surface area contributed by atoms with Crippen molar-refractivity contribution in [2.45, 2.75) is 51.5 Å². The minimum atomic E-state index is 0.0726. The van der Waals surface area contributed by atoms with Crippen molar-refractivity contribution in [1.82, 2.24) is 0 Å². The third kappa shape index (κ3) is 1.96.